The lowest BCUT2D eigenvalue weighted by Crippen LogP contribution is -2.56. The summed E-state index contributed by atoms with van der Waals surface area (Å²) in [6.07, 6.45) is 2.00. The molecule has 122 valence electrons. The largest absolute Gasteiger partial charge is 0.389 e. The van der Waals surface area contributed by atoms with Crippen LogP contribution in [-0.4, -0.2) is 64.9 Å². The molecule has 1 atom stereocenters. The first kappa shape index (κ1) is 17.3. The Balaban J connectivity index is 2.07. The first-order valence-electron chi connectivity index (χ1n) is 7.70. The number of aliphatic hydroxyl groups is 1. The van der Waals surface area contributed by atoms with Crippen molar-refractivity contribution in [1.29, 1.82) is 0 Å². The van der Waals surface area contributed by atoms with Crippen molar-refractivity contribution in [2.75, 3.05) is 32.4 Å². The minimum absolute atomic E-state index is 0.111. The number of rotatable bonds is 4. The van der Waals surface area contributed by atoms with Crippen molar-refractivity contribution in [1.82, 2.24) is 9.80 Å². The van der Waals surface area contributed by atoms with Crippen LogP contribution < -0.4 is 0 Å². The summed E-state index contributed by atoms with van der Waals surface area (Å²) in [7, 11) is 0. The zero-order valence-electron chi connectivity index (χ0n) is 13.9. The van der Waals surface area contributed by atoms with Crippen LogP contribution in [0.3, 0.4) is 0 Å². The predicted molar refractivity (Wildman–Crippen MR) is 91.5 cm³/mol. The van der Waals surface area contributed by atoms with Crippen molar-refractivity contribution in [3.63, 3.8) is 0 Å². The van der Waals surface area contributed by atoms with Gasteiger partial charge in [-0.2, -0.15) is 0 Å². The Bertz CT molecular complexity index is 528. The number of benzene rings is 1. The quantitative estimate of drug-likeness (QED) is 0.864. The number of nitrogens with zero attached hydrogens (tertiary/aromatic N) is 2. The van der Waals surface area contributed by atoms with Crippen molar-refractivity contribution in [3.05, 3.63) is 29.8 Å². The molecule has 0 radical (unpaired) electrons. The van der Waals surface area contributed by atoms with E-state index in [2.05, 4.69) is 11.8 Å². The molecule has 0 bridgehead atoms. The van der Waals surface area contributed by atoms with Gasteiger partial charge in [-0.3, -0.25) is 9.69 Å². The van der Waals surface area contributed by atoms with E-state index in [1.807, 2.05) is 49.3 Å². The predicted octanol–water partition coefficient (Wildman–Crippen LogP) is 2.33. The van der Waals surface area contributed by atoms with E-state index in [1.165, 1.54) is 0 Å². The highest BCUT2D eigenvalue weighted by molar-refractivity contribution is 7.98. The summed E-state index contributed by atoms with van der Waals surface area (Å²) < 4.78 is 0. The lowest BCUT2D eigenvalue weighted by Gasteiger charge is -2.41. The highest BCUT2D eigenvalue weighted by atomic mass is 32.2. The minimum Gasteiger partial charge on any atom is -0.389 e. The molecule has 4 nitrogen and oxygen atoms in total. The average Bonchev–Trinajstić information content (AvgIpc) is 2.45. The van der Waals surface area contributed by atoms with Gasteiger partial charge in [-0.1, -0.05) is 12.1 Å². The van der Waals surface area contributed by atoms with E-state index in [-0.39, 0.29) is 11.9 Å². The summed E-state index contributed by atoms with van der Waals surface area (Å²) in [6, 6.07) is 7.94. The van der Waals surface area contributed by atoms with Crippen LogP contribution in [0, 0.1) is 0 Å². The molecule has 22 heavy (non-hydrogen) atoms. The molecule has 1 aliphatic rings. The van der Waals surface area contributed by atoms with E-state index in [1.54, 1.807) is 11.8 Å². The molecule has 0 spiro atoms. The second-order valence-electron chi connectivity index (χ2n) is 6.60. The van der Waals surface area contributed by atoms with Gasteiger partial charge in [0.05, 0.1) is 11.2 Å². The van der Waals surface area contributed by atoms with Crippen LogP contribution in [0.1, 0.15) is 31.1 Å². The minimum atomic E-state index is -0.697. The van der Waals surface area contributed by atoms with Gasteiger partial charge in [0.25, 0.3) is 5.91 Å². The molecule has 1 aromatic rings. The van der Waals surface area contributed by atoms with Gasteiger partial charge in [-0.25, -0.2) is 0 Å². The van der Waals surface area contributed by atoms with Gasteiger partial charge in [0, 0.05) is 37.1 Å². The van der Waals surface area contributed by atoms with E-state index in [4.69, 9.17) is 0 Å². The topological polar surface area (TPSA) is 43.8 Å². The Labute approximate surface area is 137 Å². The molecule has 2 rings (SSSR count). The third-order valence-corrected chi connectivity index (χ3v) is 4.72. The van der Waals surface area contributed by atoms with Crippen LogP contribution in [-0.2, 0) is 0 Å². The summed E-state index contributed by atoms with van der Waals surface area (Å²) in [5.41, 5.74) is 0.0925. The van der Waals surface area contributed by atoms with E-state index in [9.17, 15) is 9.90 Å². The average molecular weight is 322 g/mol. The number of carbonyl (C=O) groups is 1. The van der Waals surface area contributed by atoms with Crippen molar-refractivity contribution < 1.29 is 9.90 Å². The fourth-order valence-electron chi connectivity index (χ4n) is 3.00. The fourth-order valence-corrected chi connectivity index (χ4v) is 3.59. The molecule has 1 amide bonds. The maximum Gasteiger partial charge on any atom is 0.255 e. The van der Waals surface area contributed by atoms with E-state index < -0.39 is 5.60 Å². The zero-order chi connectivity index (χ0) is 16.3. The Morgan fingerprint density at radius 2 is 2.05 bits per heavy atom. The lowest BCUT2D eigenvalue weighted by atomic mass is 10.1. The number of β-amino-alcohol motifs (C(OH)–C–C–N with tert-alkyl or cyclic N) is 1. The molecule has 5 heteroatoms. The number of amides is 1. The maximum absolute atomic E-state index is 12.8. The monoisotopic (exact) mass is 322 g/mol. The molecule has 0 saturated carbocycles. The standard InChI is InChI=1S/C17H26N2O2S/c1-13-11-18(12-17(2,3)21)9-10-19(13)16(20)14-7-5-6-8-15(14)22-4/h5-8,13,21H,9-12H2,1-4H3/t13-/m0/s1. The SMILES string of the molecule is CSc1ccccc1C(=O)N1CCN(CC(C)(C)O)C[C@@H]1C. The summed E-state index contributed by atoms with van der Waals surface area (Å²) in [4.78, 5) is 18.0. The third-order valence-electron chi connectivity index (χ3n) is 3.92. The van der Waals surface area contributed by atoms with Crippen molar-refractivity contribution in [3.8, 4) is 0 Å². The molecule has 1 aromatic carbocycles. The van der Waals surface area contributed by atoms with Gasteiger partial charge in [0.1, 0.15) is 0 Å². The van der Waals surface area contributed by atoms with Crippen molar-refractivity contribution >= 4 is 17.7 Å². The molecule has 1 aliphatic heterocycles. The normalized spacial score (nSPS) is 20.2. The maximum atomic E-state index is 12.8. The Kier molecular flexibility index (Phi) is 5.53. The number of thioether (sulfide) groups is 1. The van der Waals surface area contributed by atoms with E-state index in [0.29, 0.717) is 13.1 Å². The van der Waals surface area contributed by atoms with Crippen molar-refractivity contribution in [2.45, 2.75) is 37.3 Å². The fraction of sp³-hybridized carbons (Fsp3) is 0.588. The van der Waals surface area contributed by atoms with Gasteiger partial charge >= 0.3 is 0 Å². The van der Waals surface area contributed by atoms with Crippen LogP contribution in [0.15, 0.2) is 29.2 Å². The summed E-state index contributed by atoms with van der Waals surface area (Å²) in [6.45, 7) is 8.68. The second kappa shape index (κ2) is 7.02. The van der Waals surface area contributed by atoms with Gasteiger partial charge in [0.15, 0.2) is 0 Å². The highest BCUT2D eigenvalue weighted by Gasteiger charge is 2.30. The molecule has 0 aromatic heterocycles. The highest BCUT2D eigenvalue weighted by Crippen LogP contribution is 2.23. The van der Waals surface area contributed by atoms with Gasteiger partial charge in [-0.15, -0.1) is 11.8 Å². The molecule has 1 N–H and O–H groups in total. The van der Waals surface area contributed by atoms with Crippen LogP contribution in [0.4, 0.5) is 0 Å². The smallest absolute Gasteiger partial charge is 0.255 e. The summed E-state index contributed by atoms with van der Waals surface area (Å²) >= 11 is 1.61. The molecular weight excluding hydrogens is 296 g/mol. The zero-order valence-corrected chi connectivity index (χ0v) is 14.7. The molecule has 1 fully saturated rings. The molecule has 1 heterocycles. The van der Waals surface area contributed by atoms with Gasteiger partial charge in [0.2, 0.25) is 0 Å². The lowest BCUT2D eigenvalue weighted by molar-refractivity contribution is 0.00568. The molecular formula is C17H26N2O2S. The van der Waals surface area contributed by atoms with Crippen LogP contribution in [0.2, 0.25) is 0 Å². The number of piperazine rings is 1. The first-order chi connectivity index (χ1) is 10.3. The van der Waals surface area contributed by atoms with Crippen LogP contribution in [0.5, 0.6) is 0 Å². The van der Waals surface area contributed by atoms with Crippen molar-refractivity contribution in [2.24, 2.45) is 0 Å². The Hall–Kier alpha value is -1.04. The third kappa shape index (κ3) is 4.24. The van der Waals surface area contributed by atoms with E-state index >= 15 is 0 Å². The summed E-state index contributed by atoms with van der Waals surface area (Å²) in [5.74, 6) is 0.111. The number of hydrogen-bond acceptors (Lipinski definition) is 4. The molecule has 0 aliphatic carbocycles. The molecule has 1 saturated heterocycles. The second-order valence-corrected chi connectivity index (χ2v) is 7.44. The number of carbonyl (C=O) groups excluding carboxylic acids is 1. The molecule has 0 unspecified atom stereocenters. The van der Waals surface area contributed by atoms with Crippen LogP contribution >= 0.6 is 11.8 Å². The van der Waals surface area contributed by atoms with E-state index in [0.717, 1.165) is 23.5 Å². The Morgan fingerprint density at radius 3 is 2.64 bits per heavy atom. The van der Waals surface area contributed by atoms with Crippen LogP contribution in [0.25, 0.3) is 0 Å². The first-order valence-corrected chi connectivity index (χ1v) is 8.93. The summed E-state index contributed by atoms with van der Waals surface area (Å²) in [5, 5.41) is 9.95. The number of hydrogen-bond donors (Lipinski definition) is 1. The van der Waals surface area contributed by atoms with Gasteiger partial charge < -0.3 is 10.0 Å². The Morgan fingerprint density at radius 1 is 1.36 bits per heavy atom. The van der Waals surface area contributed by atoms with Gasteiger partial charge in [-0.05, 0) is 39.2 Å².